The van der Waals surface area contributed by atoms with Gasteiger partial charge in [0.2, 0.25) is 0 Å². The molecule has 1 atom stereocenters. The number of hydrogen-bond acceptors (Lipinski definition) is 8. The van der Waals surface area contributed by atoms with Crippen molar-refractivity contribution in [3.8, 4) is 23.3 Å². The van der Waals surface area contributed by atoms with Crippen LogP contribution in [0.25, 0.3) is 11.5 Å². The fourth-order valence-corrected chi connectivity index (χ4v) is 3.34. The smallest absolute Gasteiger partial charge is 0.481 e. The summed E-state index contributed by atoms with van der Waals surface area (Å²) in [5.41, 5.74) is 1.55. The van der Waals surface area contributed by atoms with E-state index >= 15 is 0 Å². The number of benzene rings is 2. The summed E-state index contributed by atoms with van der Waals surface area (Å²) < 4.78 is 52.0. The minimum absolute atomic E-state index is 0.0414. The molecule has 0 aliphatic carbocycles. The fourth-order valence-electron chi connectivity index (χ4n) is 3.34. The number of carboxylic acid groups (broad SMARTS) is 1. The van der Waals surface area contributed by atoms with Crippen molar-refractivity contribution in [2.24, 2.45) is 0 Å². The molecule has 0 aliphatic rings. The third kappa shape index (κ3) is 9.30. The lowest BCUT2D eigenvalue weighted by Crippen LogP contribution is -2.27. The van der Waals surface area contributed by atoms with Crippen LogP contribution in [0.15, 0.2) is 52.9 Å². The molecular weight excluding hydrogens is 509 g/mol. The highest BCUT2D eigenvalue weighted by Crippen LogP contribution is 2.27. The van der Waals surface area contributed by atoms with Crippen LogP contribution >= 0.6 is 0 Å². The highest BCUT2D eigenvalue weighted by atomic mass is 19.4. The van der Waals surface area contributed by atoms with Gasteiger partial charge in [0.25, 0.3) is 11.8 Å². The van der Waals surface area contributed by atoms with Gasteiger partial charge in [0.1, 0.15) is 12.4 Å². The Morgan fingerprint density at radius 3 is 2.42 bits per heavy atom. The molecule has 38 heavy (non-hydrogen) atoms. The molecule has 0 spiro atoms. The van der Waals surface area contributed by atoms with E-state index in [-0.39, 0.29) is 49.2 Å². The van der Waals surface area contributed by atoms with Gasteiger partial charge in [0.15, 0.2) is 0 Å². The summed E-state index contributed by atoms with van der Waals surface area (Å²) >= 11 is 0. The molecule has 3 aromatic rings. The number of carboxylic acids is 1. The van der Waals surface area contributed by atoms with Crippen molar-refractivity contribution in [3.63, 3.8) is 0 Å². The second-order valence-corrected chi connectivity index (χ2v) is 8.22. The van der Waals surface area contributed by atoms with E-state index in [4.69, 9.17) is 14.3 Å². The van der Waals surface area contributed by atoms with Crippen molar-refractivity contribution in [1.29, 1.82) is 0 Å². The van der Waals surface area contributed by atoms with Gasteiger partial charge in [-0.2, -0.15) is 0 Å². The Labute approximate surface area is 216 Å². The number of carbonyl (C=O) groups is 2. The van der Waals surface area contributed by atoms with Gasteiger partial charge in [-0.1, -0.05) is 24.9 Å². The van der Waals surface area contributed by atoms with Crippen LogP contribution in [0.2, 0.25) is 0 Å². The zero-order chi connectivity index (χ0) is 27.5. The van der Waals surface area contributed by atoms with Crippen molar-refractivity contribution in [2.75, 3.05) is 18.5 Å². The van der Waals surface area contributed by atoms with Crippen LogP contribution in [-0.2, 0) is 4.79 Å². The minimum Gasteiger partial charge on any atom is -0.481 e. The summed E-state index contributed by atoms with van der Waals surface area (Å²) in [5, 5.41) is 22.3. The normalized spacial score (nSPS) is 12.0. The second kappa shape index (κ2) is 13.3. The van der Waals surface area contributed by atoms with Crippen molar-refractivity contribution >= 4 is 17.6 Å². The zero-order valence-corrected chi connectivity index (χ0v) is 20.5. The van der Waals surface area contributed by atoms with E-state index in [1.807, 2.05) is 0 Å². The number of amides is 1. The van der Waals surface area contributed by atoms with E-state index < -0.39 is 12.3 Å². The third-order valence-electron chi connectivity index (χ3n) is 5.20. The molecular formula is C25H27F3N4O6. The average molecular weight is 537 g/mol. The number of rotatable bonds is 14. The van der Waals surface area contributed by atoms with E-state index in [1.54, 1.807) is 24.3 Å². The Kier molecular flexibility index (Phi) is 9.91. The second-order valence-electron chi connectivity index (χ2n) is 8.22. The largest absolute Gasteiger partial charge is 0.573 e. The summed E-state index contributed by atoms with van der Waals surface area (Å²) in [6.07, 6.45) is -2.37. The van der Waals surface area contributed by atoms with Crippen LogP contribution in [-0.4, -0.2) is 52.7 Å². The number of nitrogens with one attached hydrogen (secondary N) is 2. The van der Waals surface area contributed by atoms with Gasteiger partial charge in [0.05, 0.1) is 12.5 Å². The Morgan fingerprint density at radius 1 is 1.08 bits per heavy atom. The number of hydrogen-bond donors (Lipinski definition) is 3. The average Bonchev–Trinajstić information content (AvgIpc) is 3.34. The first-order chi connectivity index (χ1) is 18.1. The number of anilines is 1. The van der Waals surface area contributed by atoms with Gasteiger partial charge in [-0.25, -0.2) is 0 Å². The molecule has 0 radical (unpaired) electrons. The molecule has 1 heterocycles. The predicted octanol–water partition coefficient (Wildman–Crippen LogP) is 4.89. The molecule has 1 aromatic heterocycles. The maximum atomic E-state index is 12.3. The summed E-state index contributed by atoms with van der Waals surface area (Å²) in [4.78, 5) is 22.7. The lowest BCUT2D eigenvalue weighted by Gasteiger charge is -2.19. The van der Waals surface area contributed by atoms with E-state index in [2.05, 4.69) is 32.5 Å². The minimum atomic E-state index is -4.78. The van der Waals surface area contributed by atoms with E-state index in [0.717, 1.165) is 37.1 Å². The van der Waals surface area contributed by atoms with Crippen LogP contribution in [0.5, 0.6) is 11.8 Å². The van der Waals surface area contributed by atoms with E-state index in [1.165, 1.54) is 12.1 Å². The molecule has 13 heteroatoms. The number of alkyl halides is 3. The molecule has 10 nitrogen and oxygen atoms in total. The summed E-state index contributed by atoms with van der Waals surface area (Å²) in [5.74, 6) is -1.64. The van der Waals surface area contributed by atoms with Gasteiger partial charge in [-0.3, -0.25) is 9.59 Å². The van der Waals surface area contributed by atoms with Crippen molar-refractivity contribution in [1.82, 2.24) is 15.5 Å². The maximum Gasteiger partial charge on any atom is 0.573 e. The third-order valence-corrected chi connectivity index (χ3v) is 5.20. The van der Waals surface area contributed by atoms with Crippen molar-refractivity contribution in [3.05, 3.63) is 54.1 Å². The molecule has 0 unspecified atom stereocenters. The van der Waals surface area contributed by atoms with Gasteiger partial charge in [0, 0.05) is 23.4 Å². The first-order valence-corrected chi connectivity index (χ1v) is 11.8. The van der Waals surface area contributed by atoms with Crippen LogP contribution in [0.1, 0.15) is 43.0 Å². The summed E-state index contributed by atoms with van der Waals surface area (Å²) in [7, 11) is 0. The number of nitrogens with zero attached hydrogens (tertiary/aromatic N) is 2. The summed E-state index contributed by atoms with van der Waals surface area (Å²) in [6.45, 7) is 2.29. The van der Waals surface area contributed by atoms with E-state index in [0.29, 0.717) is 11.1 Å². The molecule has 0 aliphatic heterocycles. The topological polar surface area (TPSA) is 136 Å². The van der Waals surface area contributed by atoms with Gasteiger partial charge in [-0.05, 0) is 55.0 Å². The van der Waals surface area contributed by atoms with Crippen LogP contribution in [0.3, 0.4) is 0 Å². The Bertz CT molecular complexity index is 1180. The van der Waals surface area contributed by atoms with Crippen LogP contribution in [0, 0.1) is 0 Å². The Morgan fingerprint density at radius 2 is 1.79 bits per heavy atom. The molecule has 0 saturated heterocycles. The molecule has 0 saturated carbocycles. The van der Waals surface area contributed by atoms with Crippen LogP contribution in [0.4, 0.5) is 18.9 Å². The van der Waals surface area contributed by atoms with Gasteiger partial charge >= 0.3 is 18.4 Å². The number of aliphatic carboxylic acids is 1. The molecule has 3 N–H and O–H groups in total. The lowest BCUT2D eigenvalue weighted by molar-refractivity contribution is -0.274. The first-order valence-electron chi connectivity index (χ1n) is 11.8. The number of aromatic nitrogens is 2. The predicted molar refractivity (Wildman–Crippen MR) is 130 cm³/mol. The van der Waals surface area contributed by atoms with Crippen molar-refractivity contribution < 1.29 is 41.8 Å². The molecule has 0 fully saturated rings. The quantitative estimate of drug-likeness (QED) is 0.263. The van der Waals surface area contributed by atoms with Crippen LogP contribution < -0.4 is 20.1 Å². The highest BCUT2D eigenvalue weighted by Gasteiger charge is 2.31. The molecule has 3 rings (SSSR count). The number of halogens is 3. The standard InChI is InChI=1S/C25H27F3N4O6/c1-2-3-4-19(30-18-9-5-16(6-10-18)22(35)29-14-13-21(33)34)15-36-24-32-31-23(37-24)17-7-11-20(12-8-17)38-25(26,27)28/h5-12,19,30H,2-4,13-15H2,1H3,(H,29,35)(H,33,34)/t19-/m0/s1. The van der Waals surface area contributed by atoms with Gasteiger partial charge < -0.3 is 29.6 Å². The highest BCUT2D eigenvalue weighted by molar-refractivity contribution is 5.94. The molecule has 0 bridgehead atoms. The molecule has 1 amide bonds. The lowest BCUT2D eigenvalue weighted by atomic mass is 10.1. The number of unbranched alkanes of at least 4 members (excludes halogenated alkanes) is 1. The maximum absolute atomic E-state index is 12.3. The SMILES string of the molecule is CCCC[C@@H](COc1nnc(-c2ccc(OC(F)(F)F)cc2)o1)Nc1ccc(C(=O)NCCC(=O)O)cc1. The zero-order valence-electron chi connectivity index (χ0n) is 20.5. The molecule has 2 aromatic carbocycles. The number of ether oxygens (including phenoxy) is 2. The monoisotopic (exact) mass is 536 g/mol. The Hall–Kier alpha value is -4.29. The number of carbonyl (C=O) groups excluding carboxylic acids is 1. The summed E-state index contributed by atoms with van der Waals surface area (Å²) in [6, 6.07) is 11.6. The Balaban J connectivity index is 1.56. The molecule has 204 valence electrons. The fraction of sp³-hybridized carbons (Fsp3) is 0.360. The first kappa shape index (κ1) is 28.3. The van der Waals surface area contributed by atoms with Crippen molar-refractivity contribution in [2.45, 2.75) is 45.0 Å². The van der Waals surface area contributed by atoms with Gasteiger partial charge in [-0.15, -0.1) is 18.3 Å². The van der Waals surface area contributed by atoms with E-state index in [9.17, 15) is 22.8 Å².